The van der Waals surface area contributed by atoms with Gasteiger partial charge in [0.25, 0.3) is 11.0 Å². The van der Waals surface area contributed by atoms with Crippen LogP contribution in [0.4, 0.5) is 16.4 Å². The first-order valence-corrected chi connectivity index (χ1v) is 14.8. The van der Waals surface area contributed by atoms with E-state index in [9.17, 15) is 19.6 Å². The summed E-state index contributed by atoms with van der Waals surface area (Å²) in [5.41, 5.74) is 6.20. The van der Waals surface area contributed by atoms with Crippen molar-refractivity contribution in [3.8, 4) is 6.07 Å². The van der Waals surface area contributed by atoms with Gasteiger partial charge in [-0.15, -0.1) is 11.3 Å². The van der Waals surface area contributed by atoms with Crippen molar-refractivity contribution < 1.29 is 19.1 Å². The van der Waals surface area contributed by atoms with Crippen LogP contribution >= 0.6 is 23.1 Å². The Kier molecular flexibility index (Phi) is 8.52. The minimum atomic E-state index is -0.722. The molecule has 0 bridgehead atoms. The van der Waals surface area contributed by atoms with Crippen molar-refractivity contribution >= 4 is 62.3 Å². The number of nitrogens with zero attached hydrogens (tertiary/aromatic N) is 3. The normalized spacial score (nSPS) is 16.7. The standard InChI is InChI=1S/C30H27N5O4S2/c1-3-39-29(37)24-21-11-7-8-12-23(21)40-27(24)32-26(36)22(17-31)28-35(20-9-5-4-6-10-20)25(30(38)41-28)34-33-19-15-13-18(2)14-16-19/h4-6,9-10,13-16,33H,3,7-8,11-12H2,1-2H3,(H,32,36)/b28-22-,34-25+. The molecular weight excluding hydrogens is 558 g/mol. The molecule has 1 fully saturated rings. The van der Waals surface area contributed by atoms with E-state index in [1.54, 1.807) is 31.2 Å². The molecule has 1 amide bonds. The molecule has 3 aromatic rings. The Hall–Kier alpha value is -4.40. The summed E-state index contributed by atoms with van der Waals surface area (Å²) in [6.45, 7) is 3.90. The lowest BCUT2D eigenvalue weighted by Crippen LogP contribution is -2.29. The Bertz CT molecular complexity index is 1600. The van der Waals surface area contributed by atoms with Crippen LogP contribution < -0.4 is 15.6 Å². The van der Waals surface area contributed by atoms with Crippen LogP contribution in [-0.2, 0) is 27.2 Å². The number of hydrogen-bond donors (Lipinski definition) is 2. The molecule has 2 aromatic carbocycles. The molecule has 0 radical (unpaired) electrons. The van der Waals surface area contributed by atoms with Crippen molar-refractivity contribution in [1.82, 2.24) is 0 Å². The van der Waals surface area contributed by atoms with Crippen LogP contribution in [0.2, 0.25) is 0 Å². The van der Waals surface area contributed by atoms with E-state index < -0.39 is 17.0 Å². The zero-order chi connectivity index (χ0) is 28.9. The largest absolute Gasteiger partial charge is 0.462 e. The lowest BCUT2D eigenvalue weighted by molar-refractivity contribution is -0.112. The van der Waals surface area contributed by atoms with Crippen LogP contribution in [-0.4, -0.2) is 29.4 Å². The third-order valence-electron chi connectivity index (χ3n) is 6.57. The molecule has 0 unspecified atom stereocenters. The second-order valence-electron chi connectivity index (χ2n) is 9.36. The summed E-state index contributed by atoms with van der Waals surface area (Å²) in [5, 5.41) is 17.4. The molecule has 2 aliphatic rings. The predicted octanol–water partition coefficient (Wildman–Crippen LogP) is 5.99. The zero-order valence-electron chi connectivity index (χ0n) is 22.5. The predicted molar refractivity (Wildman–Crippen MR) is 162 cm³/mol. The Morgan fingerprint density at radius 2 is 1.83 bits per heavy atom. The number of aryl methyl sites for hydroxylation is 2. The van der Waals surface area contributed by atoms with Crippen molar-refractivity contribution in [2.45, 2.75) is 39.5 Å². The second kappa shape index (κ2) is 12.4. The van der Waals surface area contributed by atoms with Gasteiger partial charge in [0.15, 0.2) is 0 Å². The molecule has 208 valence electrons. The summed E-state index contributed by atoms with van der Waals surface area (Å²) >= 11 is 2.09. The van der Waals surface area contributed by atoms with Gasteiger partial charge in [0.1, 0.15) is 21.7 Å². The number of ether oxygens (including phenoxy) is 1. The third kappa shape index (κ3) is 5.89. The molecule has 5 rings (SSSR count). The van der Waals surface area contributed by atoms with Gasteiger partial charge >= 0.3 is 5.97 Å². The molecule has 41 heavy (non-hydrogen) atoms. The maximum absolute atomic E-state index is 13.6. The van der Waals surface area contributed by atoms with Gasteiger partial charge in [0, 0.05) is 10.6 Å². The number of carbonyl (C=O) groups excluding carboxylic acids is 3. The molecule has 1 aliphatic heterocycles. The first-order valence-electron chi connectivity index (χ1n) is 13.2. The topological polar surface area (TPSA) is 124 Å². The maximum atomic E-state index is 13.6. The van der Waals surface area contributed by atoms with Crippen molar-refractivity contribution in [2.75, 3.05) is 22.2 Å². The van der Waals surface area contributed by atoms with Crippen molar-refractivity contribution in [3.05, 3.63) is 86.8 Å². The number of fused-ring (bicyclic) bond motifs is 1. The number of hydrazone groups is 1. The lowest BCUT2D eigenvalue weighted by Gasteiger charge is -2.20. The SMILES string of the molecule is CCOC(=O)c1c(NC(=O)/C(C#N)=C2\SC(=O)/C(=N\Nc3ccc(C)cc3)N2c2ccccc2)sc2c1CCCC2. The van der Waals surface area contributed by atoms with Crippen LogP contribution in [0.25, 0.3) is 0 Å². The second-order valence-corrected chi connectivity index (χ2v) is 11.4. The maximum Gasteiger partial charge on any atom is 0.341 e. The van der Waals surface area contributed by atoms with Gasteiger partial charge in [-0.2, -0.15) is 10.4 Å². The van der Waals surface area contributed by atoms with E-state index in [1.807, 2.05) is 43.3 Å². The minimum Gasteiger partial charge on any atom is -0.462 e. The number of benzene rings is 2. The zero-order valence-corrected chi connectivity index (χ0v) is 24.2. The Morgan fingerprint density at radius 3 is 2.54 bits per heavy atom. The number of hydrogen-bond acceptors (Lipinski definition) is 9. The van der Waals surface area contributed by atoms with Crippen molar-refractivity contribution in [1.29, 1.82) is 5.26 Å². The van der Waals surface area contributed by atoms with Crippen LogP contribution in [0.3, 0.4) is 0 Å². The number of anilines is 3. The number of amidine groups is 1. The van der Waals surface area contributed by atoms with Gasteiger partial charge in [-0.25, -0.2) is 4.79 Å². The Labute approximate surface area is 245 Å². The number of nitrogens with one attached hydrogen (secondary N) is 2. The molecule has 0 saturated carbocycles. The van der Waals surface area contributed by atoms with E-state index in [-0.39, 0.29) is 23.0 Å². The summed E-state index contributed by atoms with van der Waals surface area (Å²) < 4.78 is 5.29. The number of rotatable bonds is 7. The number of carbonyl (C=O) groups is 3. The highest BCUT2D eigenvalue weighted by Gasteiger charge is 2.39. The quantitative estimate of drug-likeness (QED) is 0.150. The van der Waals surface area contributed by atoms with Gasteiger partial charge in [0.05, 0.1) is 17.9 Å². The average Bonchev–Trinajstić information content (AvgIpc) is 3.50. The van der Waals surface area contributed by atoms with E-state index in [2.05, 4.69) is 15.8 Å². The van der Waals surface area contributed by atoms with E-state index in [0.717, 1.165) is 53.4 Å². The highest BCUT2D eigenvalue weighted by atomic mass is 32.2. The number of nitriles is 1. The first kappa shape index (κ1) is 28.1. The fourth-order valence-electron chi connectivity index (χ4n) is 4.62. The molecule has 0 spiro atoms. The highest BCUT2D eigenvalue weighted by molar-refractivity contribution is 8.19. The highest BCUT2D eigenvalue weighted by Crippen LogP contribution is 2.41. The van der Waals surface area contributed by atoms with Crippen molar-refractivity contribution in [2.24, 2.45) is 5.10 Å². The summed E-state index contributed by atoms with van der Waals surface area (Å²) in [6, 6.07) is 18.4. The summed E-state index contributed by atoms with van der Waals surface area (Å²) in [4.78, 5) is 42.3. The smallest absolute Gasteiger partial charge is 0.341 e. The number of para-hydroxylation sites is 1. The third-order valence-corrected chi connectivity index (χ3v) is 8.73. The van der Waals surface area contributed by atoms with E-state index in [0.29, 0.717) is 21.9 Å². The van der Waals surface area contributed by atoms with E-state index in [1.165, 1.54) is 16.2 Å². The lowest BCUT2D eigenvalue weighted by atomic mass is 9.95. The number of thiophene rings is 1. The molecule has 2 heterocycles. The van der Waals surface area contributed by atoms with Gasteiger partial charge < -0.3 is 10.1 Å². The Balaban J connectivity index is 1.53. The van der Waals surface area contributed by atoms with E-state index >= 15 is 0 Å². The van der Waals surface area contributed by atoms with E-state index in [4.69, 9.17) is 4.74 Å². The molecule has 1 aromatic heterocycles. The molecule has 0 atom stereocenters. The minimum absolute atomic E-state index is 0.0242. The summed E-state index contributed by atoms with van der Waals surface area (Å²) in [6.07, 6.45) is 3.48. The van der Waals surface area contributed by atoms with Gasteiger partial charge in [-0.3, -0.25) is 19.9 Å². The fraction of sp³-hybridized carbons (Fsp3) is 0.233. The fourth-order valence-corrected chi connectivity index (χ4v) is 6.82. The van der Waals surface area contributed by atoms with Crippen LogP contribution in [0, 0.1) is 18.3 Å². The molecule has 9 nitrogen and oxygen atoms in total. The van der Waals surface area contributed by atoms with Crippen LogP contribution in [0.15, 0.2) is 70.3 Å². The summed E-state index contributed by atoms with van der Waals surface area (Å²) in [7, 11) is 0. The summed E-state index contributed by atoms with van der Waals surface area (Å²) in [5.74, 6) is -1.20. The molecular formula is C30H27N5O4S2. The monoisotopic (exact) mass is 585 g/mol. The molecule has 11 heteroatoms. The molecule has 2 N–H and O–H groups in total. The molecule has 1 aliphatic carbocycles. The van der Waals surface area contributed by atoms with Crippen molar-refractivity contribution in [3.63, 3.8) is 0 Å². The average molecular weight is 586 g/mol. The van der Waals surface area contributed by atoms with Crippen LogP contribution in [0.5, 0.6) is 0 Å². The van der Waals surface area contributed by atoms with Crippen LogP contribution in [0.1, 0.15) is 46.1 Å². The number of esters is 1. The molecule has 1 saturated heterocycles. The Morgan fingerprint density at radius 1 is 1.10 bits per heavy atom. The van der Waals surface area contributed by atoms with Gasteiger partial charge in [0.2, 0.25) is 5.84 Å². The number of thioether (sulfide) groups is 1. The van der Waals surface area contributed by atoms with Gasteiger partial charge in [-0.1, -0.05) is 35.9 Å². The van der Waals surface area contributed by atoms with Gasteiger partial charge in [-0.05, 0) is 81.1 Å². The number of amides is 1. The first-order chi connectivity index (χ1) is 19.9.